The second kappa shape index (κ2) is 12.6. The lowest BCUT2D eigenvalue weighted by molar-refractivity contribution is 0.110. The molecule has 0 aliphatic rings. The monoisotopic (exact) mass is 400 g/mol. The quantitative estimate of drug-likeness (QED) is 0.343. The van der Waals surface area contributed by atoms with Crippen molar-refractivity contribution in [3.63, 3.8) is 0 Å². The number of pyridine rings is 1. The highest BCUT2D eigenvalue weighted by atomic mass is 16.5. The Kier molecular flexibility index (Phi) is 9.78. The van der Waals surface area contributed by atoms with Gasteiger partial charge in [-0.25, -0.2) is 4.98 Å². The number of guanidine groups is 1. The molecule has 0 unspecified atom stereocenters. The fourth-order valence-corrected chi connectivity index (χ4v) is 2.67. The average molecular weight is 401 g/mol. The molecule has 29 heavy (non-hydrogen) atoms. The zero-order valence-corrected chi connectivity index (χ0v) is 17.8. The maximum absolute atomic E-state index is 5.91. The van der Waals surface area contributed by atoms with Crippen molar-refractivity contribution in [2.75, 3.05) is 33.5 Å². The summed E-state index contributed by atoms with van der Waals surface area (Å²) in [4.78, 5) is 8.48. The van der Waals surface area contributed by atoms with Gasteiger partial charge < -0.3 is 24.8 Å². The lowest BCUT2D eigenvalue weighted by Gasteiger charge is -2.16. The van der Waals surface area contributed by atoms with Crippen molar-refractivity contribution in [1.82, 2.24) is 15.6 Å². The Balaban J connectivity index is 1.91. The summed E-state index contributed by atoms with van der Waals surface area (Å²) in [5.41, 5.74) is 3.30. The van der Waals surface area contributed by atoms with E-state index >= 15 is 0 Å². The van der Waals surface area contributed by atoms with Gasteiger partial charge in [-0.1, -0.05) is 12.1 Å². The van der Waals surface area contributed by atoms with Crippen LogP contribution in [0.25, 0.3) is 0 Å². The zero-order valence-electron chi connectivity index (χ0n) is 17.8. The van der Waals surface area contributed by atoms with Crippen molar-refractivity contribution in [3.8, 4) is 11.6 Å². The van der Waals surface area contributed by atoms with E-state index in [1.165, 1.54) is 0 Å². The van der Waals surface area contributed by atoms with Crippen molar-refractivity contribution in [2.24, 2.45) is 4.99 Å². The Morgan fingerprint density at radius 2 is 1.83 bits per heavy atom. The molecule has 0 fully saturated rings. The van der Waals surface area contributed by atoms with Crippen LogP contribution in [0.3, 0.4) is 0 Å². The van der Waals surface area contributed by atoms with E-state index in [2.05, 4.69) is 39.7 Å². The summed E-state index contributed by atoms with van der Waals surface area (Å²) in [5, 5.41) is 6.65. The minimum atomic E-state index is 0.529. The Labute approximate surface area is 173 Å². The Hall–Kier alpha value is -2.80. The smallest absolute Gasteiger partial charge is 0.213 e. The fraction of sp³-hybridized carbons (Fsp3) is 0.455. The molecule has 2 rings (SSSR count). The van der Waals surface area contributed by atoms with Crippen molar-refractivity contribution >= 4 is 5.96 Å². The molecule has 0 aliphatic heterocycles. The molecule has 1 aromatic heterocycles. The van der Waals surface area contributed by atoms with Gasteiger partial charge >= 0.3 is 0 Å². The number of hydrogen-bond donors (Lipinski definition) is 2. The number of nitrogens with one attached hydrogen (secondary N) is 2. The van der Waals surface area contributed by atoms with Gasteiger partial charge in [-0.2, -0.15) is 0 Å². The molecule has 2 aromatic rings. The molecule has 7 nitrogen and oxygen atoms in total. The maximum atomic E-state index is 5.91. The van der Waals surface area contributed by atoms with E-state index in [4.69, 9.17) is 14.2 Å². The lowest BCUT2D eigenvalue weighted by Crippen LogP contribution is -2.36. The van der Waals surface area contributed by atoms with Gasteiger partial charge in [-0.05, 0) is 44.0 Å². The van der Waals surface area contributed by atoms with E-state index in [0.717, 1.165) is 22.4 Å². The molecule has 0 spiro atoms. The van der Waals surface area contributed by atoms with E-state index in [-0.39, 0.29) is 0 Å². The normalized spacial score (nSPS) is 11.2. The molecular formula is C22H32N4O3. The highest BCUT2D eigenvalue weighted by Gasteiger charge is 2.07. The highest BCUT2D eigenvalue weighted by Crippen LogP contribution is 2.20. The summed E-state index contributed by atoms with van der Waals surface area (Å²) in [6.07, 6.45) is 1.75. The molecule has 0 bridgehead atoms. The predicted octanol–water partition coefficient (Wildman–Crippen LogP) is 3.07. The maximum Gasteiger partial charge on any atom is 0.213 e. The largest absolute Gasteiger partial charge is 0.491 e. The molecule has 0 amide bonds. The Bertz CT molecular complexity index is 780. The number of rotatable bonds is 11. The van der Waals surface area contributed by atoms with Gasteiger partial charge in [0.15, 0.2) is 5.96 Å². The molecule has 1 aromatic carbocycles. The van der Waals surface area contributed by atoms with Crippen molar-refractivity contribution in [1.29, 1.82) is 0 Å². The molecule has 0 atom stereocenters. The second-order valence-electron chi connectivity index (χ2n) is 6.37. The van der Waals surface area contributed by atoms with Gasteiger partial charge in [0.1, 0.15) is 12.4 Å². The minimum absolute atomic E-state index is 0.529. The van der Waals surface area contributed by atoms with Crippen LogP contribution in [0.4, 0.5) is 0 Å². The van der Waals surface area contributed by atoms with Crippen LogP contribution >= 0.6 is 0 Å². The van der Waals surface area contributed by atoms with Crippen LogP contribution in [0.2, 0.25) is 0 Å². The lowest BCUT2D eigenvalue weighted by atomic mass is 10.1. The van der Waals surface area contributed by atoms with Gasteiger partial charge in [0, 0.05) is 44.6 Å². The molecule has 0 radical (unpaired) electrons. The topological polar surface area (TPSA) is 77.0 Å². The summed E-state index contributed by atoms with van der Waals surface area (Å²) in [6, 6.07) is 10.1. The van der Waals surface area contributed by atoms with Gasteiger partial charge in [-0.3, -0.25) is 4.99 Å². The molecular weight excluding hydrogens is 368 g/mol. The number of ether oxygens (including phenoxy) is 3. The van der Waals surface area contributed by atoms with Crippen LogP contribution in [0.1, 0.15) is 30.5 Å². The third kappa shape index (κ3) is 7.99. The number of aryl methyl sites for hydroxylation is 1. The van der Waals surface area contributed by atoms with Crippen LogP contribution < -0.4 is 20.1 Å². The van der Waals surface area contributed by atoms with Crippen LogP contribution in [0, 0.1) is 6.92 Å². The summed E-state index contributed by atoms with van der Waals surface area (Å²) in [5.74, 6) is 2.20. The minimum Gasteiger partial charge on any atom is -0.491 e. The number of hydrogen-bond acceptors (Lipinski definition) is 5. The van der Waals surface area contributed by atoms with E-state index in [1.807, 2.05) is 32.0 Å². The third-order valence-corrected chi connectivity index (χ3v) is 4.13. The number of aromatic nitrogens is 1. The first-order chi connectivity index (χ1) is 14.2. The first-order valence-electron chi connectivity index (χ1n) is 9.98. The van der Waals surface area contributed by atoms with E-state index in [9.17, 15) is 0 Å². The predicted molar refractivity (Wildman–Crippen MR) is 116 cm³/mol. The third-order valence-electron chi connectivity index (χ3n) is 4.13. The van der Waals surface area contributed by atoms with Crippen LogP contribution in [-0.4, -0.2) is 44.4 Å². The van der Waals surface area contributed by atoms with Gasteiger partial charge in [0.25, 0.3) is 0 Å². The molecule has 0 saturated heterocycles. The Morgan fingerprint density at radius 1 is 1.00 bits per heavy atom. The zero-order chi connectivity index (χ0) is 20.9. The highest BCUT2D eigenvalue weighted by molar-refractivity contribution is 5.79. The number of nitrogens with zero attached hydrogens (tertiary/aromatic N) is 2. The van der Waals surface area contributed by atoms with Gasteiger partial charge in [0.05, 0.1) is 13.2 Å². The van der Waals surface area contributed by atoms with Crippen molar-refractivity contribution < 1.29 is 14.2 Å². The van der Waals surface area contributed by atoms with Gasteiger partial charge in [0.2, 0.25) is 5.88 Å². The molecule has 0 saturated carbocycles. The van der Waals surface area contributed by atoms with Crippen LogP contribution in [0.5, 0.6) is 11.6 Å². The van der Waals surface area contributed by atoms with E-state index < -0.39 is 0 Å². The van der Waals surface area contributed by atoms with Crippen LogP contribution in [-0.2, 0) is 17.8 Å². The summed E-state index contributed by atoms with van der Waals surface area (Å²) < 4.78 is 16.7. The van der Waals surface area contributed by atoms with Crippen LogP contribution in [0.15, 0.2) is 41.5 Å². The first-order valence-corrected chi connectivity index (χ1v) is 9.98. The SMILES string of the molecule is CCOCCOc1cc(C)ccc1CNC(=NC)NCc1ccnc(OCC)c1. The number of benzene rings is 1. The first kappa shape index (κ1) is 22.5. The van der Waals surface area contributed by atoms with Crippen molar-refractivity contribution in [3.05, 3.63) is 53.2 Å². The standard InChI is InChI=1S/C22H32N4O3/c1-5-27-11-12-29-20-13-17(3)7-8-19(20)16-26-22(23-4)25-15-18-9-10-24-21(14-18)28-6-2/h7-10,13-14H,5-6,11-12,15-16H2,1-4H3,(H2,23,25,26). The molecule has 0 aliphatic carbocycles. The van der Waals surface area contributed by atoms with E-state index in [1.54, 1.807) is 13.2 Å². The Morgan fingerprint density at radius 3 is 2.59 bits per heavy atom. The molecule has 2 N–H and O–H groups in total. The second-order valence-corrected chi connectivity index (χ2v) is 6.37. The molecule has 1 heterocycles. The number of aliphatic imine (C=N–C) groups is 1. The average Bonchev–Trinajstić information content (AvgIpc) is 2.73. The molecule has 7 heteroatoms. The van der Waals surface area contributed by atoms with Gasteiger partial charge in [-0.15, -0.1) is 0 Å². The molecule has 158 valence electrons. The fourth-order valence-electron chi connectivity index (χ4n) is 2.67. The van der Waals surface area contributed by atoms with E-state index in [0.29, 0.717) is 51.4 Å². The summed E-state index contributed by atoms with van der Waals surface area (Å²) in [7, 11) is 1.75. The summed E-state index contributed by atoms with van der Waals surface area (Å²) in [6.45, 7) is 9.59. The van der Waals surface area contributed by atoms with Crippen molar-refractivity contribution in [2.45, 2.75) is 33.9 Å². The summed E-state index contributed by atoms with van der Waals surface area (Å²) >= 11 is 0.